The third-order valence-corrected chi connectivity index (χ3v) is 3.60. The van der Waals surface area contributed by atoms with Gasteiger partial charge in [-0.3, -0.25) is 4.79 Å². The number of urea groups is 1. The first kappa shape index (κ1) is 18.3. The number of aryl methyl sites for hydroxylation is 1. The zero-order valence-corrected chi connectivity index (χ0v) is 14.8. The van der Waals surface area contributed by atoms with Gasteiger partial charge in [-0.1, -0.05) is 12.2 Å². The lowest BCUT2D eigenvalue weighted by Gasteiger charge is -2.21. The maximum absolute atomic E-state index is 12.3. The van der Waals surface area contributed by atoms with Gasteiger partial charge < -0.3 is 20.0 Å². The van der Waals surface area contributed by atoms with E-state index in [9.17, 15) is 9.59 Å². The summed E-state index contributed by atoms with van der Waals surface area (Å²) in [5.74, 6) is -0.0707. The van der Waals surface area contributed by atoms with Crippen LogP contribution in [0.15, 0.2) is 53.2 Å². The third kappa shape index (κ3) is 4.97. The fourth-order valence-electron chi connectivity index (χ4n) is 2.33. The summed E-state index contributed by atoms with van der Waals surface area (Å²) in [4.78, 5) is 26.0. The van der Waals surface area contributed by atoms with Crippen LogP contribution in [0.1, 0.15) is 30.0 Å². The number of benzene rings is 1. The van der Waals surface area contributed by atoms with Gasteiger partial charge in [0.05, 0.1) is 6.26 Å². The van der Waals surface area contributed by atoms with Gasteiger partial charge in [-0.2, -0.15) is 0 Å². The summed E-state index contributed by atoms with van der Waals surface area (Å²) in [5, 5.41) is 5.65. The minimum atomic E-state index is -0.316. The summed E-state index contributed by atoms with van der Waals surface area (Å²) in [6.07, 6.45) is 1.45. The lowest BCUT2D eigenvalue weighted by Crippen LogP contribution is -2.35. The predicted octanol–water partition coefficient (Wildman–Crippen LogP) is 4.27. The van der Waals surface area contributed by atoms with Gasteiger partial charge in [-0.25, -0.2) is 4.79 Å². The van der Waals surface area contributed by atoms with E-state index in [0.717, 1.165) is 11.1 Å². The molecule has 0 aliphatic rings. The Bertz CT molecular complexity index is 766. The Morgan fingerprint density at radius 3 is 2.56 bits per heavy atom. The largest absolute Gasteiger partial charge is 0.459 e. The summed E-state index contributed by atoms with van der Waals surface area (Å²) in [5.41, 5.74) is 3.08. The molecule has 1 heterocycles. The quantitative estimate of drug-likeness (QED) is 0.771. The maximum Gasteiger partial charge on any atom is 0.322 e. The highest BCUT2D eigenvalue weighted by Gasteiger charge is 2.13. The Hall–Kier alpha value is -3.02. The van der Waals surface area contributed by atoms with Gasteiger partial charge in [0.2, 0.25) is 0 Å². The van der Waals surface area contributed by atoms with E-state index < -0.39 is 0 Å². The number of nitrogens with zero attached hydrogens (tertiary/aromatic N) is 1. The molecule has 2 aromatic rings. The highest BCUT2D eigenvalue weighted by atomic mass is 16.3. The first-order valence-electron chi connectivity index (χ1n) is 8.06. The lowest BCUT2D eigenvalue weighted by atomic mass is 10.1. The van der Waals surface area contributed by atoms with Crippen LogP contribution in [0.4, 0.5) is 16.2 Å². The molecule has 0 radical (unpaired) electrons. The number of anilines is 2. The molecule has 2 rings (SSSR count). The molecule has 1 aromatic carbocycles. The first-order chi connectivity index (χ1) is 11.9. The molecule has 6 heteroatoms. The number of carbonyl (C=O) groups is 2. The molecule has 25 heavy (non-hydrogen) atoms. The molecule has 2 N–H and O–H groups in total. The van der Waals surface area contributed by atoms with E-state index in [2.05, 4.69) is 17.2 Å². The zero-order valence-electron chi connectivity index (χ0n) is 14.8. The number of amides is 3. The van der Waals surface area contributed by atoms with Crippen molar-refractivity contribution in [3.05, 3.63) is 60.1 Å². The maximum atomic E-state index is 12.3. The van der Waals surface area contributed by atoms with Crippen LogP contribution in [-0.4, -0.2) is 29.9 Å². The molecule has 0 spiro atoms. The molecular weight excluding hydrogens is 318 g/mol. The van der Waals surface area contributed by atoms with Crippen LogP contribution >= 0.6 is 0 Å². The van der Waals surface area contributed by atoms with Crippen molar-refractivity contribution in [3.8, 4) is 0 Å². The van der Waals surface area contributed by atoms with Crippen molar-refractivity contribution in [2.24, 2.45) is 0 Å². The minimum Gasteiger partial charge on any atom is -0.459 e. The summed E-state index contributed by atoms with van der Waals surface area (Å²) in [6.45, 7) is 10.6. The summed E-state index contributed by atoms with van der Waals surface area (Å²) >= 11 is 0. The van der Waals surface area contributed by atoms with Crippen molar-refractivity contribution in [1.29, 1.82) is 0 Å². The number of likely N-dealkylation sites (N-methyl/N-ethyl adjacent to an activating group) is 1. The average molecular weight is 341 g/mol. The predicted molar refractivity (Wildman–Crippen MR) is 98.9 cm³/mol. The van der Waals surface area contributed by atoms with E-state index >= 15 is 0 Å². The van der Waals surface area contributed by atoms with E-state index in [-0.39, 0.29) is 17.7 Å². The van der Waals surface area contributed by atoms with Gasteiger partial charge in [0.15, 0.2) is 5.76 Å². The number of carbonyl (C=O) groups excluding carboxylic acids is 2. The molecule has 0 unspecified atom stereocenters. The number of rotatable bonds is 6. The number of hydrogen-bond donors (Lipinski definition) is 2. The highest BCUT2D eigenvalue weighted by Crippen LogP contribution is 2.21. The van der Waals surface area contributed by atoms with Crippen LogP contribution in [0.25, 0.3) is 0 Å². The Balaban J connectivity index is 2.04. The molecular formula is C19H23N3O3. The molecule has 0 saturated carbocycles. The normalized spacial score (nSPS) is 10.2. The molecule has 3 amide bonds. The molecule has 0 fully saturated rings. The second-order valence-electron chi connectivity index (χ2n) is 5.86. The Morgan fingerprint density at radius 2 is 2.00 bits per heavy atom. The third-order valence-electron chi connectivity index (χ3n) is 3.60. The van der Waals surface area contributed by atoms with Crippen molar-refractivity contribution >= 4 is 23.3 Å². The summed E-state index contributed by atoms with van der Waals surface area (Å²) < 4.78 is 5.07. The Kier molecular flexibility index (Phi) is 6.00. The van der Waals surface area contributed by atoms with Crippen molar-refractivity contribution in [3.63, 3.8) is 0 Å². The van der Waals surface area contributed by atoms with Crippen LogP contribution in [-0.2, 0) is 0 Å². The Morgan fingerprint density at radius 1 is 1.24 bits per heavy atom. The first-order valence-corrected chi connectivity index (χ1v) is 8.06. The molecule has 132 valence electrons. The molecule has 0 bridgehead atoms. The summed E-state index contributed by atoms with van der Waals surface area (Å²) in [6, 6.07) is 8.38. The molecule has 0 atom stereocenters. The summed E-state index contributed by atoms with van der Waals surface area (Å²) in [7, 11) is 0. The van der Waals surface area contributed by atoms with Gasteiger partial charge >= 0.3 is 6.03 Å². The van der Waals surface area contributed by atoms with Gasteiger partial charge in [0.25, 0.3) is 5.91 Å². The molecule has 0 aliphatic carbocycles. The molecule has 0 aliphatic heterocycles. The van der Waals surface area contributed by atoms with Crippen LogP contribution in [0.2, 0.25) is 0 Å². The zero-order chi connectivity index (χ0) is 18.4. The van der Waals surface area contributed by atoms with Gasteiger partial charge in [-0.15, -0.1) is 0 Å². The second-order valence-corrected chi connectivity index (χ2v) is 5.86. The lowest BCUT2D eigenvalue weighted by molar-refractivity contribution is 0.0996. The molecule has 1 aromatic heterocycles. The smallest absolute Gasteiger partial charge is 0.322 e. The van der Waals surface area contributed by atoms with Crippen molar-refractivity contribution in [2.45, 2.75) is 20.8 Å². The van der Waals surface area contributed by atoms with E-state index in [1.165, 1.54) is 6.26 Å². The molecule has 6 nitrogen and oxygen atoms in total. The number of furan rings is 1. The second kappa shape index (κ2) is 8.19. The monoisotopic (exact) mass is 341 g/mol. The van der Waals surface area contributed by atoms with E-state index in [1.54, 1.807) is 29.2 Å². The number of hydrogen-bond acceptors (Lipinski definition) is 3. The fourth-order valence-corrected chi connectivity index (χ4v) is 2.33. The van der Waals surface area contributed by atoms with Crippen LogP contribution in [0, 0.1) is 6.92 Å². The molecule has 0 saturated heterocycles. The fraction of sp³-hybridized carbons (Fsp3) is 0.263. The average Bonchev–Trinajstić information content (AvgIpc) is 3.09. The highest BCUT2D eigenvalue weighted by molar-refractivity contribution is 6.02. The van der Waals surface area contributed by atoms with Crippen molar-refractivity contribution in [1.82, 2.24) is 4.90 Å². The van der Waals surface area contributed by atoms with Gasteiger partial charge in [0.1, 0.15) is 0 Å². The van der Waals surface area contributed by atoms with Crippen LogP contribution in [0.3, 0.4) is 0 Å². The van der Waals surface area contributed by atoms with Crippen molar-refractivity contribution < 1.29 is 14.0 Å². The number of nitrogens with one attached hydrogen (secondary N) is 2. The van der Waals surface area contributed by atoms with E-state index in [0.29, 0.717) is 24.5 Å². The van der Waals surface area contributed by atoms with Crippen molar-refractivity contribution in [2.75, 3.05) is 23.7 Å². The van der Waals surface area contributed by atoms with Gasteiger partial charge in [0, 0.05) is 24.5 Å². The van der Waals surface area contributed by atoms with E-state index in [4.69, 9.17) is 4.42 Å². The Labute approximate surface area is 147 Å². The topological polar surface area (TPSA) is 74.6 Å². The standard InChI is InChI=1S/C19H23N3O3/c1-5-22(12-13(2)3)19(24)20-15-8-9-16(14(4)11-15)21-18(23)17-7-6-10-25-17/h6-11H,2,5,12H2,1,3-4H3,(H,20,24)(H,21,23). The minimum absolute atomic E-state index is 0.183. The van der Waals surface area contributed by atoms with Gasteiger partial charge in [-0.05, 0) is 56.7 Å². The SMILES string of the molecule is C=C(C)CN(CC)C(=O)Nc1ccc(NC(=O)c2ccco2)c(C)c1. The van der Waals surface area contributed by atoms with Crippen LogP contribution < -0.4 is 10.6 Å². The van der Waals surface area contributed by atoms with E-state index in [1.807, 2.05) is 26.8 Å². The van der Waals surface area contributed by atoms with Crippen LogP contribution in [0.5, 0.6) is 0 Å².